The topological polar surface area (TPSA) is 82.5 Å². The standard InChI is InChI=1S/C12H13N5O2S/c18-10(19)9-1-2-13-11(15-9)16-4-6-17(7-5-16)12-14-3-8-20-12/h1-3,8H,4-7H2,(H,18,19). The molecule has 0 amide bonds. The molecule has 1 aliphatic rings. The van der Waals surface area contributed by atoms with E-state index in [1.807, 2.05) is 10.3 Å². The van der Waals surface area contributed by atoms with E-state index < -0.39 is 5.97 Å². The number of carboxylic acids is 1. The first-order valence-electron chi connectivity index (χ1n) is 6.20. The molecule has 7 nitrogen and oxygen atoms in total. The summed E-state index contributed by atoms with van der Waals surface area (Å²) in [7, 11) is 0. The number of carboxylic acid groups (broad SMARTS) is 1. The summed E-state index contributed by atoms with van der Waals surface area (Å²) in [4.78, 5) is 27.6. The van der Waals surface area contributed by atoms with Gasteiger partial charge in [0.15, 0.2) is 10.8 Å². The maximum absolute atomic E-state index is 10.9. The lowest BCUT2D eigenvalue weighted by atomic mass is 10.3. The molecule has 20 heavy (non-hydrogen) atoms. The lowest BCUT2D eigenvalue weighted by Crippen LogP contribution is -2.47. The molecule has 0 aromatic carbocycles. The second-order valence-corrected chi connectivity index (χ2v) is 5.21. The van der Waals surface area contributed by atoms with Gasteiger partial charge >= 0.3 is 5.97 Å². The molecule has 1 aliphatic heterocycles. The molecule has 1 fully saturated rings. The van der Waals surface area contributed by atoms with Gasteiger partial charge in [-0.3, -0.25) is 0 Å². The average Bonchev–Trinajstić information content (AvgIpc) is 3.02. The Morgan fingerprint density at radius 1 is 1.15 bits per heavy atom. The minimum atomic E-state index is -1.03. The molecule has 1 N–H and O–H groups in total. The molecule has 0 atom stereocenters. The zero-order chi connectivity index (χ0) is 13.9. The summed E-state index contributed by atoms with van der Waals surface area (Å²) >= 11 is 1.62. The highest BCUT2D eigenvalue weighted by molar-refractivity contribution is 7.13. The first-order chi connectivity index (χ1) is 9.74. The molecule has 8 heteroatoms. The van der Waals surface area contributed by atoms with E-state index in [9.17, 15) is 4.79 Å². The van der Waals surface area contributed by atoms with Crippen molar-refractivity contribution in [2.75, 3.05) is 36.0 Å². The van der Waals surface area contributed by atoms with Gasteiger partial charge < -0.3 is 14.9 Å². The number of anilines is 2. The van der Waals surface area contributed by atoms with Gasteiger partial charge in [-0.15, -0.1) is 11.3 Å². The van der Waals surface area contributed by atoms with Gasteiger partial charge in [-0.05, 0) is 6.07 Å². The highest BCUT2D eigenvalue weighted by Crippen LogP contribution is 2.20. The zero-order valence-electron chi connectivity index (χ0n) is 10.6. The second kappa shape index (κ2) is 5.41. The normalized spacial score (nSPS) is 15.4. The third-order valence-electron chi connectivity index (χ3n) is 3.11. The van der Waals surface area contributed by atoms with Gasteiger partial charge in [-0.25, -0.2) is 19.7 Å². The molecule has 1 saturated heterocycles. The molecular formula is C12H13N5O2S. The van der Waals surface area contributed by atoms with Gasteiger partial charge in [-0.2, -0.15) is 0 Å². The van der Waals surface area contributed by atoms with Gasteiger partial charge in [-0.1, -0.05) is 0 Å². The molecule has 3 rings (SSSR count). The van der Waals surface area contributed by atoms with Gasteiger partial charge in [0.25, 0.3) is 0 Å². The third-order valence-corrected chi connectivity index (χ3v) is 3.95. The number of nitrogens with zero attached hydrogens (tertiary/aromatic N) is 5. The van der Waals surface area contributed by atoms with E-state index in [2.05, 4.69) is 19.9 Å². The molecule has 104 valence electrons. The van der Waals surface area contributed by atoms with Crippen LogP contribution in [0, 0.1) is 0 Å². The molecule has 0 aliphatic carbocycles. The number of aromatic carboxylic acids is 1. The van der Waals surface area contributed by atoms with Crippen molar-refractivity contribution in [1.29, 1.82) is 0 Å². The number of hydrogen-bond acceptors (Lipinski definition) is 7. The number of piperazine rings is 1. The van der Waals surface area contributed by atoms with Crippen molar-refractivity contribution in [2.45, 2.75) is 0 Å². The van der Waals surface area contributed by atoms with E-state index in [1.54, 1.807) is 17.5 Å². The van der Waals surface area contributed by atoms with Crippen molar-refractivity contribution in [3.05, 3.63) is 29.5 Å². The minimum Gasteiger partial charge on any atom is -0.477 e. The van der Waals surface area contributed by atoms with Crippen LogP contribution in [-0.2, 0) is 0 Å². The molecule has 0 spiro atoms. The summed E-state index contributed by atoms with van der Waals surface area (Å²) in [5.41, 5.74) is 0.0253. The molecule has 0 radical (unpaired) electrons. The van der Waals surface area contributed by atoms with Crippen molar-refractivity contribution in [3.8, 4) is 0 Å². The highest BCUT2D eigenvalue weighted by atomic mass is 32.1. The van der Waals surface area contributed by atoms with Crippen LogP contribution in [0.1, 0.15) is 10.5 Å². The fourth-order valence-electron chi connectivity index (χ4n) is 2.09. The second-order valence-electron chi connectivity index (χ2n) is 4.34. The fraction of sp³-hybridized carbons (Fsp3) is 0.333. The van der Waals surface area contributed by atoms with Gasteiger partial charge in [0.1, 0.15) is 0 Å². The maximum Gasteiger partial charge on any atom is 0.354 e. The smallest absolute Gasteiger partial charge is 0.354 e. The van der Waals surface area contributed by atoms with Crippen LogP contribution < -0.4 is 9.80 Å². The molecule has 0 bridgehead atoms. The maximum atomic E-state index is 10.9. The van der Waals surface area contributed by atoms with Crippen LogP contribution in [0.15, 0.2) is 23.8 Å². The summed E-state index contributed by atoms with van der Waals surface area (Å²) < 4.78 is 0. The van der Waals surface area contributed by atoms with E-state index in [4.69, 9.17) is 5.11 Å². The monoisotopic (exact) mass is 291 g/mol. The van der Waals surface area contributed by atoms with E-state index in [0.717, 1.165) is 31.3 Å². The minimum absolute atomic E-state index is 0.0253. The van der Waals surface area contributed by atoms with E-state index >= 15 is 0 Å². The summed E-state index contributed by atoms with van der Waals surface area (Å²) in [6.07, 6.45) is 3.28. The van der Waals surface area contributed by atoms with Crippen LogP contribution in [0.5, 0.6) is 0 Å². The summed E-state index contributed by atoms with van der Waals surface area (Å²) in [5.74, 6) is -0.557. The molecule has 0 unspecified atom stereocenters. The van der Waals surface area contributed by atoms with Gasteiger partial charge in [0.05, 0.1) is 0 Å². The Bertz CT molecular complexity index is 596. The lowest BCUT2D eigenvalue weighted by molar-refractivity contribution is 0.0690. The number of thiazole rings is 1. The summed E-state index contributed by atoms with van der Waals surface area (Å²) in [6, 6.07) is 1.40. The van der Waals surface area contributed by atoms with Crippen molar-refractivity contribution in [1.82, 2.24) is 15.0 Å². The summed E-state index contributed by atoms with van der Waals surface area (Å²) in [6.45, 7) is 3.16. The van der Waals surface area contributed by atoms with Crippen molar-refractivity contribution in [3.63, 3.8) is 0 Å². The van der Waals surface area contributed by atoms with E-state index in [-0.39, 0.29) is 5.69 Å². The Labute approximate surface area is 119 Å². The van der Waals surface area contributed by atoms with E-state index in [0.29, 0.717) is 5.95 Å². The Morgan fingerprint density at radius 3 is 2.55 bits per heavy atom. The molecule has 2 aromatic heterocycles. The molecule has 0 saturated carbocycles. The van der Waals surface area contributed by atoms with Crippen LogP contribution >= 0.6 is 11.3 Å². The lowest BCUT2D eigenvalue weighted by Gasteiger charge is -2.34. The quantitative estimate of drug-likeness (QED) is 0.901. The number of hydrogen-bond donors (Lipinski definition) is 1. The van der Waals surface area contributed by atoms with Crippen molar-refractivity contribution >= 4 is 28.4 Å². The highest BCUT2D eigenvalue weighted by Gasteiger charge is 2.21. The first-order valence-corrected chi connectivity index (χ1v) is 7.08. The molecule has 2 aromatic rings. The molecular weight excluding hydrogens is 278 g/mol. The van der Waals surface area contributed by atoms with E-state index in [1.165, 1.54) is 12.3 Å². The Morgan fingerprint density at radius 2 is 1.90 bits per heavy atom. The van der Waals surface area contributed by atoms with Crippen molar-refractivity contribution in [2.24, 2.45) is 0 Å². The molecule has 3 heterocycles. The van der Waals surface area contributed by atoms with Gasteiger partial charge in [0.2, 0.25) is 5.95 Å². The van der Waals surface area contributed by atoms with Crippen molar-refractivity contribution < 1.29 is 9.90 Å². The van der Waals surface area contributed by atoms with Crippen LogP contribution in [0.25, 0.3) is 0 Å². The number of carbonyl (C=O) groups is 1. The fourth-order valence-corrected chi connectivity index (χ4v) is 2.79. The predicted octanol–water partition coefficient (Wildman–Crippen LogP) is 0.958. The Hall–Kier alpha value is -2.22. The Balaban J connectivity index is 1.69. The zero-order valence-corrected chi connectivity index (χ0v) is 11.5. The SMILES string of the molecule is O=C(O)c1ccnc(N2CCN(c3nccs3)CC2)n1. The number of aromatic nitrogens is 3. The van der Waals surface area contributed by atoms with Crippen LogP contribution in [0.4, 0.5) is 11.1 Å². The van der Waals surface area contributed by atoms with Crippen LogP contribution in [0.2, 0.25) is 0 Å². The Kier molecular flexibility index (Phi) is 3.46. The third kappa shape index (κ3) is 2.55. The van der Waals surface area contributed by atoms with Gasteiger partial charge in [0, 0.05) is 44.0 Å². The largest absolute Gasteiger partial charge is 0.477 e. The summed E-state index contributed by atoms with van der Waals surface area (Å²) in [5, 5.41) is 11.9. The number of rotatable bonds is 3. The van der Waals surface area contributed by atoms with Crippen LogP contribution in [-0.4, -0.2) is 52.2 Å². The first kappa shape index (κ1) is 12.8. The van der Waals surface area contributed by atoms with Crippen LogP contribution in [0.3, 0.4) is 0 Å². The predicted molar refractivity (Wildman–Crippen MR) is 75.5 cm³/mol. The average molecular weight is 291 g/mol.